The predicted octanol–water partition coefficient (Wildman–Crippen LogP) is 5.79. The molecule has 1 fully saturated rings. The lowest BCUT2D eigenvalue weighted by Gasteiger charge is -2.30. The Morgan fingerprint density at radius 3 is 2.73 bits per heavy atom. The zero-order chi connectivity index (χ0) is 28.7. The van der Waals surface area contributed by atoms with Gasteiger partial charge in [-0.1, -0.05) is 23.7 Å². The largest absolute Gasteiger partial charge is 0.478 e. The molecule has 0 aliphatic carbocycles. The molecule has 6 rings (SSSR count). The number of aromatic carboxylic acids is 1. The summed E-state index contributed by atoms with van der Waals surface area (Å²) in [6.07, 6.45) is -1.07. The molecule has 2 aromatic heterocycles. The molecular weight excluding hydrogens is 561 g/mol. The number of rotatable bonds is 9. The van der Waals surface area contributed by atoms with Crippen LogP contribution in [0.3, 0.4) is 0 Å². The summed E-state index contributed by atoms with van der Waals surface area (Å²) in [6, 6.07) is 9.96. The summed E-state index contributed by atoms with van der Waals surface area (Å²) in [5.41, 5.74) is 3.14. The first kappa shape index (κ1) is 27.5. The van der Waals surface area contributed by atoms with E-state index in [0.717, 1.165) is 47.1 Å². The smallest absolute Gasteiger partial charge is 0.335 e. The van der Waals surface area contributed by atoms with Gasteiger partial charge in [0.2, 0.25) is 5.88 Å². The lowest BCUT2D eigenvalue weighted by Crippen LogP contribution is -2.34. The quantitative estimate of drug-likeness (QED) is 0.266. The minimum atomic E-state index is -2.76. The average Bonchev–Trinajstić information content (AvgIpc) is 3.25. The molecule has 12 heteroatoms. The monoisotopic (exact) mass is 586 g/mol. The molecule has 2 aliphatic heterocycles. The highest BCUT2D eigenvalue weighted by Gasteiger charge is 2.26. The lowest BCUT2D eigenvalue weighted by atomic mass is 10.1. The molecule has 0 amide bonds. The van der Waals surface area contributed by atoms with Gasteiger partial charge in [0, 0.05) is 30.8 Å². The van der Waals surface area contributed by atoms with E-state index in [4.69, 9.17) is 26.1 Å². The highest BCUT2D eigenvalue weighted by atomic mass is 35.5. The Balaban J connectivity index is 1.20. The van der Waals surface area contributed by atoms with Gasteiger partial charge in [0.1, 0.15) is 23.3 Å². The summed E-state index contributed by atoms with van der Waals surface area (Å²) >= 11 is 6.41. The second-order valence-electron chi connectivity index (χ2n) is 10.2. The molecule has 0 radical (unpaired) electrons. The molecule has 1 saturated heterocycles. The van der Waals surface area contributed by atoms with Crippen LogP contribution in [0.5, 0.6) is 5.88 Å². The molecule has 41 heavy (non-hydrogen) atoms. The number of benzene rings is 2. The van der Waals surface area contributed by atoms with E-state index in [1.165, 1.54) is 12.1 Å². The first-order valence-corrected chi connectivity index (χ1v) is 13.6. The van der Waals surface area contributed by atoms with E-state index in [1.54, 1.807) is 24.3 Å². The first-order chi connectivity index (χ1) is 19.7. The van der Waals surface area contributed by atoms with Crippen LogP contribution >= 0.6 is 11.6 Å². The van der Waals surface area contributed by atoms with Gasteiger partial charge in [0.15, 0.2) is 0 Å². The Kier molecular flexibility index (Phi) is 7.58. The normalized spacial score (nSPS) is 17.0. The summed E-state index contributed by atoms with van der Waals surface area (Å²) in [6.45, 7) is 2.81. The van der Waals surface area contributed by atoms with Crippen LogP contribution in [0.15, 0.2) is 42.5 Å². The highest BCUT2D eigenvalue weighted by Crippen LogP contribution is 2.31. The van der Waals surface area contributed by atoms with E-state index >= 15 is 0 Å². The molecule has 214 valence electrons. The van der Waals surface area contributed by atoms with Crippen molar-refractivity contribution < 1.29 is 32.5 Å². The molecule has 1 N–H and O–H groups in total. The molecule has 0 unspecified atom stereocenters. The maximum absolute atomic E-state index is 14.3. The number of imidazole rings is 1. The number of alkyl halides is 2. The summed E-state index contributed by atoms with van der Waals surface area (Å²) in [5.74, 6) is -0.840. The summed E-state index contributed by atoms with van der Waals surface area (Å²) < 4.78 is 53.4. The average molecular weight is 587 g/mol. The van der Waals surface area contributed by atoms with Gasteiger partial charge in [-0.25, -0.2) is 27.9 Å². The predicted molar refractivity (Wildman–Crippen MR) is 144 cm³/mol. The maximum Gasteiger partial charge on any atom is 0.335 e. The van der Waals surface area contributed by atoms with Crippen molar-refractivity contribution in [3.63, 3.8) is 0 Å². The molecule has 0 bridgehead atoms. The van der Waals surface area contributed by atoms with Crippen LogP contribution < -0.4 is 4.74 Å². The third kappa shape index (κ3) is 5.74. The minimum absolute atomic E-state index is 0.0571. The molecule has 4 heterocycles. The second-order valence-corrected chi connectivity index (χ2v) is 10.6. The minimum Gasteiger partial charge on any atom is -0.478 e. The van der Waals surface area contributed by atoms with Crippen molar-refractivity contribution in [3.05, 3.63) is 87.1 Å². The van der Waals surface area contributed by atoms with E-state index in [2.05, 4.69) is 9.88 Å². The van der Waals surface area contributed by atoms with E-state index in [1.807, 2.05) is 4.57 Å². The Morgan fingerprint density at radius 2 is 2.02 bits per heavy atom. The van der Waals surface area contributed by atoms with Crippen LogP contribution in [0, 0.1) is 5.82 Å². The fourth-order valence-electron chi connectivity index (χ4n) is 5.13. The topological polar surface area (TPSA) is 89.7 Å². The van der Waals surface area contributed by atoms with Gasteiger partial charge < -0.3 is 19.1 Å². The standard InChI is InChI=1S/C29H26ClF3N4O4/c30-21-9-16-5-7-36(13-24(16)35-28(21)41-15-19-2-1-17(27(32)33)10-22(19)31)14-26-34-23-4-3-18(29(38)39)11-25(23)37(26)12-20-6-8-40-20/h1-4,9-11,20,27H,5-8,12-15H2,(H,38,39)/t20-/m0/s1. The third-order valence-electron chi connectivity index (χ3n) is 7.50. The zero-order valence-corrected chi connectivity index (χ0v) is 22.6. The SMILES string of the molecule is O=C(O)c1ccc2nc(CN3CCc4cc(Cl)c(OCc5ccc(C(F)F)cc5F)nc4C3)n(C[C@@H]3CCO3)c2c1. The number of hydrogen-bond acceptors (Lipinski definition) is 6. The van der Waals surface area contributed by atoms with Gasteiger partial charge >= 0.3 is 5.97 Å². The van der Waals surface area contributed by atoms with E-state index < -0.39 is 23.8 Å². The van der Waals surface area contributed by atoms with Gasteiger partial charge in [-0.05, 0) is 48.7 Å². The van der Waals surface area contributed by atoms with E-state index in [9.17, 15) is 23.1 Å². The van der Waals surface area contributed by atoms with Crippen LogP contribution in [0.4, 0.5) is 13.2 Å². The zero-order valence-electron chi connectivity index (χ0n) is 21.8. The molecular formula is C29H26ClF3N4O4. The van der Waals surface area contributed by atoms with Gasteiger partial charge in [-0.15, -0.1) is 0 Å². The van der Waals surface area contributed by atoms with Gasteiger partial charge in [-0.3, -0.25) is 4.90 Å². The van der Waals surface area contributed by atoms with E-state index in [-0.39, 0.29) is 29.7 Å². The van der Waals surface area contributed by atoms with Gasteiger partial charge in [0.05, 0.1) is 41.5 Å². The van der Waals surface area contributed by atoms with Gasteiger partial charge in [-0.2, -0.15) is 0 Å². The molecule has 2 aliphatic rings. The highest BCUT2D eigenvalue weighted by molar-refractivity contribution is 6.31. The molecule has 2 aromatic carbocycles. The van der Waals surface area contributed by atoms with Crippen molar-refractivity contribution in [2.45, 2.75) is 51.6 Å². The van der Waals surface area contributed by atoms with E-state index in [0.29, 0.717) is 37.7 Å². The first-order valence-electron chi connectivity index (χ1n) is 13.2. The molecule has 0 saturated carbocycles. The van der Waals surface area contributed by atoms with Crippen LogP contribution in [0.2, 0.25) is 5.02 Å². The Morgan fingerprint density at radius 1 is 1.20 bits per heavy atom. The van der Waals surface area contributed by atoms with Crippen LogP contribution in [0.1, 0.15) is 51.4 Å². The number of fused-ring (bicyclic) bond motifs is 2. The second kappa shape index (κ2) is 11.3. The number of hydrogen-bond donors (Lipinski definition) is 1. The number of carboxylic acids is 1. The van der Waals surface area contributed by atoms with Crippen molar-refractivity contribution in [1.29, 1.82) is 0 Å². The van der Waals surface area contributed by atoms with Crippen molar-refractivity contribution in [2.24, 2.45) is 0 Å². The van der Waals surface area contributed by atoms with Crippen molar-refractivity contribution >= 4 is 28.6 Å². The summed E-state index contributed by atoms with van der Waals surface area (Å²) in [7, 11) is 0. The Bertz CT molecular complexity index is 1630. The van der Waals surface area contributed by atoms with Crippen molar-refractivity contribution in [2.75, 3.05) is 13.2 Å². The fraction of sp³-hybridized carbons (Fsp3) is 0.345. The Labute approximate surface area is 238 Å². The number of nitrogens with zero attached hydrogens (tertiary/aromatic N) is 4. The number of halogens is 4. The molecule has 8 nitrogen and oxygen atoms in total. The number of aromatic nitrogens is 3. The fourth-order valence-corrected chi connectivity index (χ4v) is 5.36. The lowest BCUT2D eigenvalue weighted by molar-refractivity contribution is -0.0592. The van der Waals surface area contributed by atoms with Gasteiger partial charge in [0.25, 0.3) is 6.43 Å². The van der Waals surface area contributed by atoms with Crippen LogP contribution in [-0.4, -0.2) is 49.8 Å². The maximum atomic E-state index is 14.3. The third-order valence-corrected chi connectivity index (χ3v) is 7.77. The summed E-state index contributed by atoms with van der Waals surface area (Å²) in [4.78, 5) is 23.2. The molecule has 4 aromatic rings. The van der Waals surface area contributed by atoms with Crippen molar-refractivity contribution in [1.82, 2.24) is 19.4 Å². The number of pyridine rings is 1. The summed E-state index contributed by atoms with van der Waals surface area (Å²) in [5, 5.41) is 9.78. The van der Waals surface area contributed by atoms with Crippen LogP contribution in [-0.2, 0) is 37.4 Å². The number of ether oxygens (including phenoxy) is 2. The molecule has 0 spiro atoms. The molecule has 1 atom stereocenters. The number of carboxylic acid groups (broad SMARTS) is 1. The van der Waals surface area contributed by atoms with Crippen molar-refractivity contribution in [3.8, 4) is 5.88 Å². The van der Waals surface area contributed by atoms with Crippen LogP contribution in [0.25, 0.3) is 11.0 Å². The number of carbonyl (C=O) groups is 1. The Hall–Kier alpha value is -3.67.